The van der Waals surface area contributed by atoms with Gasteiger partial charge in [-0.05, 0) is 34.2 Å². The first-order valence-electron chi connectivity index (χ1n) is 3.99. The molecule has 0 spiro atoms. The van der Waals surface area contributed by atoms with E-state index in [1.54, 1.807) is 22.6 Å². The van der Waals surface area contributed by atoms with Gasteiger partial charge in [0.2, 0.25) is 0 Å². The van der Waals surface area contributed by atoms with E-state index < -0.39 is 28.4 Å². The van der Waals surface area contributed by atoms with Gasteiger partial charge in [-0.3, -0.25) is 0 Å². The molecule has 0 saturated carbocycles. The van der Waals surface area contributed by atoms with Gasteiger partial charge in [-0.2, -0.15) is 8.42 Å². The Kier molecular flexibility index (Phi) is 3.88. The third-order valence-electron chi connectivity index (χ3n) is 1.70. The maximum atomic E-state index is 12.4. The van der Waals surface area contributed by atoms with Gasteiger partial charge in [-0.1, -0.05) is 12.1 Å². The Morgan fingerprint density at radius 3 is 2.19 bits per heavy atom. The van der Waals surface area contributed by atoms with Crippen LogP contribution in [0, 0.1) is 3.57 Å². The van der Waals surface area contributed by atoms with E-state index in [0.717, 1.165) is 6.07 Å². The van der Waals surface area contributed by atoms with Crippen LogP contribution in [0.4, 0.5) is 16.8 Å². The zero-order valence-corrected chi connectivity index (χ0v) is 10.6. The van der Waals surface area contributed by atoms with Gasteiger partial charge in [0, 0.05) is 3.57 Å². The number of hydrogen-bond donors (Lipinski definition) is 0. The van der Waals surface area contributed by atoms with Crippen molar-refractivity contribution in [3.05, 3.63) is 27.3 Å². The van der Waals surface area contributed by atoms with Crippen molar-refractivity contribution >= 4 is 45.3 Å². The van der Waals surface area contributed by atoms with E-state index in [4.69, 9.17) is 0 Å². The fraction of sp³-hybridized carbons (Fsp3) is 0.143. The summed E-state index contributed by atoms with van der Waals surface area (Å²) in [4.78, 5) is 0. The average Bonchev–Trinajstić information content (AvgIpc) is 1.97. The molecule has 0 unspecified atom stereocenters. The van der Waals surface area contributed by atoms with Crippen LogP contribution in [0.5, 0.6) is 0 Å². The lowest BCUT2D eigenvalue weighted by Gasteiger charge is -2.16. The van der Waals surface area contributed by atoms with Gasteiger partial charge in [-0.25, -0.2) is 0 Å². The minimum atomic E-state index is -5.21. The highest BCUT2D eigenvalue weighted by atomic mass is 127. The predicted molar refractivity (Wildman–Crippen MR) is 61.6 cm³/mol. The van der Waals surface area contributed by atoms with Crippen LogP contribution in [0.1, 0.15) is 5.56 Å². The molecule has 9 heteroatoms. The van der Waals surface area contributed by atoms with Crippen molar-refractivity contribution in [1.29, 1.82) is 0 Å². The Balaban J connectivity index is 3.19. The fourth-order valence-corrected chi connectivity index (χ4v) is 2.47. The molecule has 0 amide bonds. The topological polar surface area (TPSA) is 34.1 Å². The predicted octanol–water partition coefficient (Wildman–Crippen LogP) is 2.14. The molecule has 1 aromatic carbocycles. The summed E-state index contributed by atoms with van der Waals surface area (Å²) in [6.07, 6.45) is 0. The van der Waals surface area contributed by atoms with Crippen molar-refractivity contribution in [2.24, 2.45) is 0 Å². The van der Waals surface area contributed by atoms with Crippen LogP contribution in [0.25, 0.3) is 0 Å². The minimum Gasteiger partial charge on any atom is -0.445 e. The molecule has 2 nitrogen and oxygen atoms in total. The van der Waals surface area contributed by atoms with E-state index in [-0.39, 0.29) is 9.13 Å². The molecule has 0 saturated heterocycles. The fourth-order valence-electron chi connectivity index (χ4n) is 1.15. The van der Waals surface area contributed by atoms with Gasteiger partial charge in [-0.15, -0.1) is 9.35 Å². The Labute approximate surface area is 103 Å². The van der Waals surface area contributed by atoms with E-state index in [1.165, 1.54) is 6.07 Å². The highest BCUT2D eigenvalue weighted by molar-refractivity contribution is 14.1. The molecule has 1 rings (SSSR count). The van der Waals surface area contributed by atoms with Crippen molar-refractivity contribution < 1.29 is 25.3 Å². The molecule has 0 aliphatic rings. The van der Waals surface area contributed by atoms with Gasteiger partial charge < -0.3 is 12.9 Å². The van der Waals surface area contributed by atoms with Crippen LogP contribution in [0.3, 0.4) is 0 Å². The van der Waals surface area contributed by atoms with Crippen molar-refractivity contribution in [1.82, 2.24) is 0 Å². The Morgan fingerprint density at radius 2 is 1.75 bits per heavy atom. The van der Waals surface area contributed by atoms with Gasteiger partial charge in [0.05, 0.1) is 0 Å². The third kappa shape index (κ3) is 4.28. The molecule has 0 radical (unpaired) electrons. The molecule has 90 valence electrons. The molecule has 0 bridgehead atoms. The summed E-state index contributed by atoms with van der Waals surface area (Å²) >= 11 is 1.62. The molecule has 0 N–H and O–H groups in total. The molecule has 0 aliphatic carbocycles. The molecule has 0 heterocycles. The summed E-state index contributed by atoms with van der Waals surface area (Å²) in [5.74, 6) is -1.04. The van der Waals surface area contributed by atoms with Crippen molar-refractivity contribution in [3.8, 4) is 0 Å². The highest BCUT2D eigenvalue weighted by Crippen LogP contribution is 2.16. The molecule has 0 atom stereocenters. The summed E-state index contributed by atoms with van der Waals surface area (Å²) < 4.78 is 70.4. The Hall–Kier alpha value is -0.315. The Bertz CT molecular complexity index is 500. The minimum absolute atomic E-state index is 0.205. The largest absolute Gasteiger partial charge is 0.509 e. The average molecular weight is 367 g/mol. The monoisotopic (exact) mass is 367 g/mol. The van der Waals surface area contributed by atoms with Gasteiger partial charge in [0.25, 0.3) is 0 Å². The first-order valence-corrected chi connectivity index (χ1v) is 6.63. The van der Waals surface area contributed by atoms with Crippen LogP contribution < -0.4 is 5.46 Å². The summed E-state index contributed by atoms with van der Waals surface area (Å²) in [6.45, 7) is -5.21. The summed E-state index contributed by atoms with van der Waals surface area (Å²) in [5.41, 5.74) is -1.13. The molecule has 0 fully saturated rings. The third-order valence-corrected chi connectivity index (χ3v) is 3.00. The highest BCUT2D eigenvalue weighted by Gasteiger charge is 2.26. The second kappa shape index (κ2) is 4.51. The van der Waals surface area contributed by atoms with Gasteiger partial charge in [0.15, 0.2) is 0 Å². The standard InChI is InChI=1S/C7H5BF4IO2S/c9-8(10,11)6-1-5(2-7(13)3-6)4-16(12,14)15/h1-3H,4H2/q-1. The molecular formula is C7H5BF4IO2S-. The number of benzene rings is 1. The lowest BCUT2D eigenvalue weighted by Crippen LogP contribution is -2.34. The van der Waals surface area contributed by atoms with Crippen LogP contribution in [0.2, 0.25) is 0 Å². The van der Waals surface area contributed by atoms with Crippen LogP contribution in [0.15, 0.2) is 18.2 Å². The lowest BCUT2D eigenvalue weighted by atomic mass is 9.79. The number of rotatable bonds is 3. The van der Waals surface area contributed by atoms with E-state index in [0.29, 0.717) is 6.07 Å². The number of halogens is 5. The molecule has 16 heavy (non-hydrogen) atoms. The molecule has 1 aromatic rings. The zero-order chi connectivity index (χ0) is 12.6. The van der Waals surface area contributed by atoms with Crippen molar-refractivity contribution in [2.75, 3.05) is 0 Å². The van der Waals surface area contributed by atoms with Crippen LogP contribution >= 0.6 is 22.6 Å². The quantitative estimate of drug-likeness (QED) is 0.355. The van der Waals surface area contributed by atoms with E-state index >= 15 is 0 Å². The van der Waals surface area contributed by atoms with Gasteiger partial charge in [0.1, 0.15) is 5.75 Å². The second-order valence-electron chi connectivity index (χ2n) is 3.15. The van der Waals surface area contributed by atoms with Crippen molar-refractivity contribution in [2.45, 2.75) is 5.75 Å². The van der Waals surface area contributed by atoms with Crippen LogP contribution in [-0.2, 0) is 16.0 Å². The smallest absolute Gasteiger partial charge is 0.445 e. The maximum Gasteiger partial charge on any atom is 0.509 e. The SMILES string of the molecule is O=S(=O)(F)Cc1cc(I)cc([B-](F)(F)F)c1. The molecular weight excluding hydrogens is 362 g/mol. The summed E-state index contributed by atoms with van der Waals surface area (Å²) in [5, 5.41) is 0. The molecule has 0 aliphatic heterocycles. The first-order chi connectivity index (χ1) is 7.08. The van der Waals surface area contributed by atoms with E-state index in [1.807, 2.05) is 0 Å². The summed E-state index contributed by atoms with van der Waals surface area (Å²) in [6, 6.07) is 2.73. The maximum absolute atomic E-state index is 12.4. The van der Waals surface area contributed by atoms with E-state index in [2.05, 4.69) is 0 Å². The molecule has 0 aromatic heterocycles. The zero-order valence-electron chi connectivity index (χ0n) is 7.63. The van der Waals surface area contributed by atoms with Crippen molar-refractivity contribution in [3.63, 3.8) is 0 Å². The van der Waals surface area contributed by atoms with Gasteiger partial charge >= 0.3 is 17.2 Å². The normalized spacial score (nSPS) is 12.8. The lowest BCUT2D eigenvalue weighted by molar-refractivity contribution is 0.500. The number of hydrogen-bond acceptors (Lipinski definition) is 2. The van der Waals surface area contributed by atoms with E-state index in [9.17, 15) is 25.3 Å². The Morgan fingerprint density at radius 1 is 1.19 bits per heavy atom. The summed E-state index contributed by atoms with van der Waals surface area (Å²) in [7, 11) is -4.82. The van der Waals surface area contributed by atoms with Crippen LogP contribution in [-0.4, -0.2) is 15.4 Å². The second-order valence-corrected chi connectivity index (χ2v) is 5.76. The first kappa shape index (κ1) is 13.7.